The second-order valence-corrected chi connectivity index (χ2v) is 7.28. The van der Waals surface area contributed by atoms with Gasteiger partial charge in [-0.05, 0) is 32.9 Å². The van der Waals surface area contributed by atoms with E-state index in [1.807, 2.05) is 6.92 Å². The van der Waals surface area contributed by atoms with Crippen molar-refractivity contribution in [3.63, 3.8) is 0 Å². The molecular weight excluding hydrogens is 473 g/mol. The second kappa shape index (κ2) is 12.3. The zero-order valence-corrected chi connectivity index (χ0v) is 20.4. The van der Waals surface area contributed by atoms with Crippen molar-refractivity contribution in [2.45, 2.75) is 26.8 Å². The Bertz CT molecular complexity index is 1050. The topological polar surface area (TPSA) is 108 Å². The number of halogens is 2. The summed E-state index contributed by atoms with van der Waals surface area (Å²) in [5, 5.41) is 10.9. The maximum absolute atomic E-state index is 12.9. The molecule has 2 aromatic carbocycles. The molecule has 9 nitrogen and oxygen atoms in total. The Morgan fingerprint density at radius 2 is 1.73 bits per heavy atom. The number of benzene rings is 2. The Hall–Kier alpha value is -3.04. The molecule has 11 heteroatoms. The highest BCUT2D eigenvalue weighted by atomic mass is 35.5. The lowest BCUT2D eigenvalue weighted by Gasteiger charge is -2.16. The van der Waals surface area contributed by atoms with Gasteiger partial charge < -0.3 is 24.3 Å². The summed E-state index contributed by atoms with van der Waals surface area (Å²) in [7, 11) is 2.86. The number of ketones is 1. The average Bonchev–Trinajstić information content (AvgIpc) is 2.76. The number of rotatable bonds is 11. The molecule has 178 valence electrons. The minimum atomic E-state index is -1.45. The van der Waals surface area contributed by atoms with Gasteiger partial charge in [0, 0.05) is 12.1 Å². The number of carbonyl (C=O) groups excluding carboxylic acids is 2. The van der Waals surface area contributed by atoms with Crippen molar-refractivity contribution in [2.24, 2.45) is 10.2 Å². The first kappa shape index (κ1) is 26.2. The summed E-state index contributed by atoms with van der Waals surface area (Å²) in [4.78, 5) is 25.1. The van der Waals surface area contributed by atoms with E-state index in [2.05, 4.69) is 15.5 Å². The Morgan fingerprint density at radius 1 is 1.03 bits per heavy atom. The molecular formula is C22H25Cl2N3O6. The average molecular weight is 498 g/mol. The van der Waals surface area contributed by atoms with Crippen LogP contribution in [0.2, 0.25) is 10.0 Å². The molecule has 1 N–H and O–H groups in total. The lowest BCUT2D eigenvalue weighted by Crippen LogP contribution is -2.32. The number of nitrogens with one attached hydrogen (secondary N) is 1. The summed E-state index contributed by atoms with van der Waals surface area (Å²) in [5.74, 6) is 0.0733. The van der Waals surface area contributed by atoms with Crippen LogP contribution in [-0.2, 0) is 9.59 Å². The number of methoxy groups -OCH3 is 2. The third-order valence-electron chi connectivity index (χ3n) is 4.27. The van der Waals surface area contributed by atoms with E-state index in [4.69, 9.17) is 42.1 Å². The van der Waals surface area contributed by atoms with Crippen LogP contribution in [0.1, 0.15) is 20.8 Å². The fourth-order valence-corrected chi connectivity index (χ4v) is 3.35. The Kier molecular flexibility index (Phi) is 9.74. The van der Waals surface area contributed by atoms with Crippen LogP contribution in [0.4, 0.5) is 11.4 Å². The predicted molar refractivity (Wildman–Crippen MR) is 126 cm³/mol. The molecule has 0 heterocycles. The van der Waals surface area contributed by atoms with Crippen LogP contribution in [-0.4, -0.2) is 45.2 Å². The van der Waals surface area contributed by atoms with Gasteiger partial charge in [-0.2, -0.15) is 10.2 Å². The van der Waals surface area contributed by atoms with E-state index in [0.29, 0.717) is 30.5 Å². The Labute approximate surface area is 202 Å². The fourth-order valence-electron chi connectivity index (χ4n) is 2.79. The summed E-state index contributed by atoms with van der Waals surface area (Å²) < 4.78 is 21.4. The molecule has 0 aliphatic rings. The maximum atomic E-state index is 12.9. The number of carbonyl (C=O) groups is 2. The van der Waals surface area contributed by atoms with Gasteiger partial charge in [0.1, 0.15) is 33.6 Å². The highest BCUT2D eigenvalue weighted by Crippen LogP contribution is 2.41. The molecule has 33 heavy (non-hydrogen) atoms. The van der Waals surface area contributed by atoms with Gasteiger partial charge >= 0.3 is 0 Å². The lowest BCUT2D eigenvalue weighted by molar-refractivity contribution is -0.126. The number of ether oxygens (including phenoxy) is 4. The van der Waals surface area contributed by atoms with Crippen molar-refractivity contribution in [3.8, 4) is 23.0 Å². The Morgan fingerprint density at radius 3 is 2.30 bits per heavy atom. The molecule has 0 saturated carbocycles. The van der Waals surface area contributed by atoms with Crippen LogP contribution >= 0.6 is 23.2 Å². The molecule has 0 fully saturated rings. The van der Waals surface area contributed by atoms with Crippen molar-refractivity contribution in [1.29, 1.82) is 0 Å². The second-order valence-electron chi connectivity index (χ2n) is 6.50. The molecule has 1 amide bonds. The molecule has 2 rings (SSSR count). The SMILES string of the molecule is CCOc1cc(Cl)c(NC(=O)C(N=Nc2ccc(OC)c(Cl)c2OC)C(C)=O)c(OCC)c1. The molecule has 0 radical (unpaired) electrons. The number of amides is 1. The molecule has 0 aliphatic carbocycles. The van der Waals surface area contributed by atoms with Crippen LogP contribution in [0, 0.1) is 0 Å². The summed E-state index contributed by atoms with van der Waals surface area (Å²) in [6.45, 7) is 5.59. The van der Waals surface area contributed by atoms with Gasteiger partial charge in [0.2, 0.25) is 6.04 Å². The summed E-state index contributed by atoms with van der Waals surface area (Å²) in [5.41, 5.74) is 0.412. The van der Waals surface area contributed by atoms with Crippen LogP contribution in [0.15, 0.2) is 34.5 Å². The number of nitrogens with zero attached hydrogens (tertiary/aromatic N) is 2. The van der Waals surface area contributed by atoms with E-state index in [-0.39, 0.29) is 27.2 Å². The van der Waals surface area contributed by atoms with Gasteiger partial charge in [0.05, 0.1) is 32.5 Å². The number of Topliss-reactive ketones (excluding diaryl/α,β-unsaturated/α-hetero) is 1. The number of hydrogen-bond acceptors (Lipinski definition) is 8. The van der Waals surface area contributed by atoms with E-state index in [1.165, 1.54) is 27.2 Å². The molecule has 0 saturated heterocycles. The normalized spacial score (nSPS) is 11.7. The van der Waals surface area contributed by atoms with E-state index >= 15 is 0 Å². The Balaban J connectivity index is 2.36. The largest absolute Gasteiger partial charge is 0.495 e. The molecule has 0 spiro atoms. The van der Waals surface area contributed by atoms with E-state index in [0.717, 1.165) is 0 Å². The summed E-state index contributed by atoms with van der Waals surface area (Å²) in [6.07, 6.45) is 0. The lowest BCUT2D eigenvalue weighted by atomic mass is 10.2. The highest BCUT2D eigenvalue weighted by molar-refractivity contribution is 6.34. The zero-order valence-electron chi connectivity index (χ0n) is 18.9. The third-order valence-corrected chi connectivity index (χ3v) is 4.92. The van der Waals surface area contributed by atoms with Gasteiger partial charge in [-0.3, -0.25) is 9.59 Å². The molecule has 1 atom stereocenters. The van der Waals surface area contributed by atoms with Crippen molar-refractivity contribution in [2.75, 3.05) is 32.8 Å². The van der Waals surface area contributed by atoms with Crippen LogP contribution in [0.5, 0.6) is 23.0 Å². The third kappa shape index (κ3) is 6.49. The molecule has 1 unspecified atom stereocenters. The minimum Gasteiger partial charge on any atom is -0.495 e. The van der Waals surface area contributed by atoms with Crippen LogP contribution in [0.3, 0.4) is 0 Å². The standard InChI is InChI=1S/C22H25Cl2N3O6/c1-6-32-13-10-14(23)20(17(11-13)33-7-2)25-22(29)19(12(3)28)27-26-15-8-9-16(30-4)18(24)21(15)31-5/h8-11,19H,6-7H2,1-5H3,(H,25,29). The van der Waals surface area contributed by atoms with Gasteiger partial charge in [-0.1, -0.05) is 23.2 Å². The monoisotopic (exact) mass is 497 g/mol. The first-order valence-corrected chi connectivity index (χ1v) is 10.7. The highest BCUT2D eigenvalue weighted by Gasteiger charge is 2.26. The van der Waals surface area contributed by atoms with Gasteiger partial charge in [0.25, 0.3) is 5.91 Å². The maximum Gasteiger partial charge on any atom is 0.258 e. The fraction of sp³-hybridized carbons (Fsp3) is 0.364. The number of azo groups is 1. The van der Waals surface area contributed by atoms with Gasteiger partial charge in [0.15, 0.2) is 11.5 Å². The first-order chi connectivity index (χ1) is 15.8. The first-order valence-electron chi connectivity index (χ1n) is 9.99. The molecule has 0 aliphatic heterocycles. The van der Waals surface area contributed by atoms with E-state index < -0.39 is 17.7 Å². The molecule has 0 bridgehead atoms. The number of anilines is 1. The van der Waals surface area contributed by atoms with Crippen molar-refractivity contribution < 1.29 is 28.5 Å². The van der Waals surface area contributed by atoms with Gasteiger partial charge in [-0.15, -0.1) is 0 Å². The summed E-state index contributed by atoms with van der Waals surface area (Å²) >= 11 is 12.6. The predicted octanol–water partition coefficient (Wildman–Crippen LogP) is 5.49. The smallest absolute Gasteiger partial charge is 0.258 e. The van der Waals surface area contributed by atoms with Gasteiger partial charge in [-0.25, -0.2) is 0 Å². The quantitative estimate of drug-likeness (QED) is 0.324. The zero-order chi connectivity index (χ0) is 24.5. The van der Waals surface area contributed by atoms with E-state index in [9.17, 15) is 9.59 Å². The van der Waals surface area contributed by atoms with Crippen LogP contribution in [0.25, 0.3) is 0 Å². The minimum absolute atomic E-state index is 0.181. The van der Waals surface area contributed by atoms with E-state index in [1.54, 1.807) is 25.1 Å². The van der Waals surface area contributed by atoms with Crippen molar-refractivity contribution in [3.05, 3.63) is 34.3 Å². The van der Waals surface area contributed by atoms with Crippen LogP contribution < -0.4 is 24.3 Å². The van der Waals surface area contributed by atoms with Crippen molar-refractivity contribution in [1.82, 2.24) is 0 Å². The molecule has 2 aromatic rings. The number of hydrogen-bond donors (Lipinski definition) is 1. The molecule has 0 aromatic heterocycles. The summed E-state index contributed by atoms with van der Waals surface area (Å²) in [6, 6.07) is 4.79. The van der Waals surface area contributed by atoms with Crippen molar-refractivity contribution >= 4 is 46.3 Å².